The highest BCUT2D eigenvalue weighted by Gasteiger charge is 2.19. The Kier molecular flexibility index (Phi) is 6.14. The Bertz CT molecular complexity index is 482. The summed E-state index contributed by atoms with van der Waals surface area (Å²) >= 11 is 6.22. The second-order valence-electron chi connectivity index (χ2n) is 4.97. The predicted octanol–water partition coefficient (Wildman–Crippen LogP) is 2.24. The summed E-state index contributed by atoms with van der Waals surface area (Å²) in [7, 11) is 0. The smallest absolute Gasteiger partial charge is 0.317 e. The Morgan fingerprint density at radius 3 is 3.05 bits per heavy atom. The molecule has 5 nitrogen and oxygen atoms in total. The fraction of sp³-hybridized carbons (Fsp3) is 0.533. The van der Waals surface area contributed by atoms with Crippen molar-refractivity contribution in [2.45, 2.75) is 19.9 Å². The highest BCUT2D eigenvalue weighted by atomic mass is 35.5. The first kappa shape index (κ1) is 15.9. The third-order valence-electron chi connectivity index (χ3n) is 3.34. The number of rotatable bonds is 8. The van der Waals surface area contributed by atoms with Crippen LogP contribution >= 0.6 is 11.6 Å². The lowest BCUT2D eigenvalue weighted by atomic mass is 10.2. The SMILES string of the molecule is CCCNCc1cccc(Cl)c1OCCN1CCNC1=O. The monoisotopic (exact) mass is 311 g/mol. The molecule has 2 N–H and O–H groups in total. The Labute approximate surface area is 130 Å². The largest absolute Gasteiger partial charge is 0.490 e. The molecule has 0 aliphatic carbocycles. The Hall–Kier alpha value is -1.46. The van der Waals surface area contributed by atoms with Crippen LogP contribution in [0.15, 0.2) is 18.2 Å². The first-order valence-corrected chi connectivity index (χ1v) is 7.74. The van der Waals surface area contributed by atoms with Gasteiger partial charge in [0.1, 0.15) is 12.4 Å². The summed E-state index contributed by atoms with van der Waals surface area (Å²) in [4.78, 5) is 13.2. The molecule has 1 aromatic rings. The number of benzene rings is 1. The molecule has 0 unspecified atom stereocenters. The molecule has 0 aromatic heterocycles. The van der Waals surface area contributed by atoms with Crippen molar-refractivity contribution in [3.05, 3.63) is 28.8 Å². The van der Waals surface area contributed by atoms with Gasteiger partial charge in [-0.25, -0.2) is 4.79 Å². The lowest BCUT2D eigenvalue weighted by Crippen LogP contribution is -2.32. The number of amides is 2. The van der Waals surface area contributed by atoms with Gasteiger partial charge in [-0.05, 0) is 19.0 Å². The van der Waals surface area contributed by atoms with E-state index in [-0.39, 0.29) is 6.03 Å². The molecule has 0 spiro atoms. The third kappa shape index (κ3) is 4.51. The van der Waals surface area contributed by atoms with E-state index in [2.05, 4.69) is 17.6 Å². The number of carbonyl (C=O) groups is 1. The van der Waals surface area contributed by atoms with Crippen LogP contribution in [0.2, 0.25) is 5.02 Å². The first-order valence-electron chi connectivity index (χ1n) is 7.36. The quantitative estimate of drug-likeness (QED) is 0.724. The van der Waals surface area contributed by atoms with Gasteiger partial charge in [-0.3, -0.25) is 0 Å². The number of para-hydroxylation sites is 1. The molecule has 0 saturated carbocycles. The highest BCUT2D eigenvalue weighted by Crippen LogP contribution is 2.28. The molecule has 0 atom stereocenters. The van der Waals surface area contributed by atoms with Crippen molar-refractivity contribution in [3.8, 4) is 5.75 Å². The summed E-state index contributed by atoms with van der Waals surface area (Å²) in [6.07, 6.45) is 1.08. The summed E-state index contributed by atoms with van der Waals surface area (Å²) in [5, 5.41) is 6.72. The molecule has 21 heavy (non-hydrogen) atoms. The number of ether oxygens (including phenoxy) is 1. The van der Waals surface area contributed by atoms with Crippen LogP contribution in [0.4, 0.5) is 4.79 Å². The number of hydrogen-bond donors (Lipinski definition) is 2. The van der Waals surface area contributed by atoms with Crippen molar-refractivity contribution in [1.82, 2.24) is 15.5 Å². The molecule has 1 aromatic carbocycles. The van der Waals surface area contributed by atoms with Crippen LogP contribution in [-0.4, -0.2) is 43.7 Å². The topological polar surface area (TPSA) is 53.6 Å². The van der Waals surface area contributed by atoms with Gasteiger partial charge in [0.15, 0.2) is 0 Å². The zero-order valence-corrected chi connectivity index (χ0v) is 13.1. The molecule has 1 aliphatic heterocycles. The van der Waals surface area contributed by atoms with Gasteiger partial charge in [-0.1, -0.05) is 30.7 Å². The van der Waals surface area contributed by atoms with Gasteiger partial charge in [0, 0.05) is 25.2 Å². The molecule has 1 aliphatic rings. The number of halogens is 1. The number of carbonyl (C=O) groups excluding carboxylic acids is 1. The van der Waals surface area contributed by atoms with Gasteiger partial charge in [0.2, 0.25) is 0 Å². The lowest BCUT2D eigenvalue weighted by Gasteiger charge is -2.17. The van der Waals surface area contributed by atoms with Crippen molar-refractivity contribution in [3.63, 3.8) is 0 Å². The Morgan fingerprint density at radius 2 is 2.33 bits per heavy atom. The first-order chi connectivity index (χ1) is 10.2. The van der Waals surface area contributed by atoms with E-state index >= 15 is 0 Å². The highest BCUT2D eigenvalue weighted by molar-refractivity contribution is 6.32. The van der Waals surface area contributed by atoms with Crippen LogP contribution in [0.3, 0.4) is 0 Å². The minimum Gasteiger partial charge on any atom is -0.490 e. The molecule has 0 radical (unpaired) electrons. The molecular weight excluding hydrogens is 290 g/mol. The normalized spacial score (nSPS) is 14.4. The summed E-state index contributed by atoms with van der Waals surface area (Å²) in [6.45, 7) is 6.26. The lowest BCUT2D eigenvalue weighted by molar-refractivity contribution is 0.202. The molecular formula is C15H22ClN3O2. The number of hydrogen-bond acceptors (Lipinski definition) is 3. The van der Waals surface area contributed by atoms with E-state index in [4.69, 9.17) is 16.3 Å². The molecule has 116 valence electrons. The average molecular weight is 312 g/mol. The second kappa shape index (κ2) is 8.10. The summed E-state index contributed by atoms with van der Waals surface area (Å²) in [5.41, 5.74) is 1.04. The van der Waals surface area contributed by atoms with Gasteiger partial charge in [0.25, 0.3) is 0 Å². The summed E-state index contributed by atoms with van der Waals surface area (Å²) in [5.74, 6) is 0.711. The minimum absolute atomic E-state index is 0.0254. The average Bonchev–Trinajstić information content (AvgIpc) is 2.87. The third-order valence-corrected chi connectivity index (χ3v) is 3.64. The zero-order valence-electron chi connectivity index (χ0n) is 12.3. The maximum absolute atomic E-state index is 11.4. The van der Waals surface area contributed by atoms with Crippen molar-refractivity contribution in [2.24, 2.45) is 0 Å². The van der Waals surface area contributed by atoms with E-state index in [0.717, 1.165) is 31.6 Å². The molecule has 1 heterocycles. The predicted molar refractivity (Wildman–Crippen MR) is 83.9 cm³/mol. The molecule has 2 amide bonds. The van der Waals surface area contributed by atoms with E-state index in [9.17, 15) is 4.79 Å². The minimum atomic E-state index is -0.0254. The summed E-state index contributed by atoms with van der Waals surface area (Å²) in [6, 6.07) is 5.73. The van der Waals surface area contributed by atoms with Gasteiger partial charge in [0.05, 0.1) is 11.6 Å². The number of nitrogens with one attached hydrogen (secondary N) is 2. The van der Waals surface area contributed by atoms with Gasteiger partial charge in [-0.15, -0.1) is 0 Å². The molecule has 0 bridgehead atoms. The molecule has 1 fully saturated rings. The van der Waals surface area contributed by atoms with Crippen molar-refractivity contribution in [1.29, 1.82) is 0 Å². The fourth-order valence-electron chi connectivity index (χ4n) is 2.24. The number of nitrogens with zero attached hydrogens (tertiary/aromatic N) is 1. The molecule has 2 rings (SSSR count). The van der Waals surface area contributed by atoms with Gasteiger partial charge < -0.3 is 20.3 Å². The maximum atomic E-state index is 11.4. The van der Waals surface area contributed by atoms with Gasteiger partial charge >= 0.3 is 6.03 Å². The standard InChI is InChI=1S/C15H22ClN3O2/c1-2-6-17-11-12-4-3-5-13(16)14(12)21-10-9-19-8-7-18-15(19)20/h3-5,17H,2,6-11H2,1H3,(H,18,20). The van der Waals surface area contributed by atoms with Crippen LogP contribution in [0, 0.1) is 0 Å². The van der Waals surface area contributed by atoms with Crippen LogP contribution < -0.4 is 15.4 Å². The number of urea groups is 1. The van der Waals surface area contributed by atoms with Crippen LogP contribution in [0.1, 0.15) is 18.9 Å². The van der Waals surface area contributed by atoms with E-state index in [1.54, 1.807) is 4.90 Å². The Morgan fingerprint density at radius 1 is 1.48 bits per heavy atom. The summed E-state index contributed by atoms with van der Waals surface area (Å²) < 4.78 is 5.82. The van der Waals surface area contributed by atoms with E-state index in [1.807, 2.05) is 18.2 Å². The van der Waals surface area contributed by atoms with Crippen LogP contribution in [0.25, 0.3) is 0 Å². The van der Waals surface area contributed by atoms with E-state index in [0.29, 0.717) is 30.5 Å². The van der Waals surface area contributed by atoms with Crippen molar-refractivity contribution < 1.29 is 9.53 Å². The Balaban J connectivity index is 1.90. The van der Waals surface area contributed by atoms with Gasteiger partial charge in [-0.2, -0.15) is 0 Å². The van der Waals surface area contributed by atoms with Crippen LogP contribution in [0.5, 0.6) is 5.75 Å². The van der Waals surface area contributed by atoms with Crippen molar-refractivity contribution >= 4 is 17.6 Å². The molecule has 6 heteroatoms. The maximum Gasteiger partial charge on any atom is 0.317 e. The zero-order chi connectivity index (χ0) is 15.1. The fourth-order valence-corrected chi connectivity index (χ4v) is 2.49. The molecule has 1 saturated heterocycles. The van der Waals surface area contributed by atoms with Crippen molar-refractivity contribution in [2.75, 3.05) is 32.8 Å². The second-order valence-corrected chi connectivity index (χ2v) is 5.38. The van der Waals surface area contributed by atoms with E-state index < -0.39 is 0 Å². The van der Waals surface area contributed by atoms with Crippen LogP contribution in [-0.2, 0) is 6.54 Å². The van der Waals surface area contributed by atoms with E-state index in [1.165, 1.54) is 0 Å².